The fourth-order valence-corrected chi connectivity index (χ4v) is 4.28. The first kappa shape index (κ1) is 20.5. The molecule has 2 fully saturated rings. The summed E-state index contributed by atoms with van der Waals surface area (Å²) in [5.41, 5.74) is 0.679. The number of carbonyl (C=O) groups is 2. The fourth-order valence-electron chi connectivity index (χ4n) is 4.28. The van der Waals surface area contributed by atoms with E-state index in [0.29, 0.717) is 31.0 Å². The van der Waals surface area contributed by atoms with Gasteiger partial charge in [0.15, 0.2) is 0 Å². The fraction of sp³-hybridized carbons (Fsp3) is 0.545. The molecule has 2 saturated heterocycles. The molecule has 28 heavy (non-hydrogen) atoms. The topological polar surface area (TPSA) is 43.9 Å². The van der Waals surface area contributed by atoms with E-state index in [1.165, 1.54) is 18.2 Å². The van der Waals surface area contributed by atoms with Crippen LogP contribution in [0.15, 0.2) is 30.3 Å². The molecule has 0 radical (unpaired) electrons. The van der Waals surface area contributed by atoms with E-state index < -0.39 is 0 Å². The summed E-state index contributed by atoms with van der Waals surface area (Å²) < 4.78 is 13.3. The standard InChI is InChI=1S/C22H30FN3O2/c1-24(2)12-4-13-26-20-11-14-25(16-18(20)8-10-22(26)28)21(27)9-7-17-5-3-6-19(23)15-17/h3,5-7,9,15,18,20H,4,8,10-14,16H2,1-2H3/t18-,20+/m1/s1. The molecular formula is C22H30FN3O2. The van der Waals surface area contributed by atoms with E-state index in [-0.39, 0.29) is 23.7 Å². The van der Waals surface area contributed by atoms with Gasteiger partial charge in [0.05, 0.1) is 0 Å². The van der Waals surface area contributed by atoms with Gasteiger partial charge < -0.3 is 14.7 Å². The van der Waals surface area contributed by atoms with Crippen LogP contribution in [0.3, 0.4) is 0 Å². The molecule has 0 unspecified atom stereocenters. The van der Waals surface area contributed by atoms with E-state index in [1.807, 2.05) is 19.0 Å². The van der Waals surface area contributed by atoms with E-state index >= 15 is 0 Å². The Labute approximate surface area is 166 Å². The maximum Gasteiger partial charge on any atom is 0.246 e. The molecule has 0 bridgehead atoms. The van der Waals surface area contributed by atoms with Gasteiger partial charge in [0.1, 0.15) is 5.82 Å². The lowest BCUT2D eigenvalue weighted by molar-refractivity contribution is -0.143. The zero-order valence-electron chi connectivity index (χ0n) is 16.8. The third-order valence-corrected chi connectivity index (χ3v) is 5.73. The minimum Gasteiger partial charge on any atom is -0.339 e. The molecule has 0 aromatic heterocycles. The molecule has 2 amide bonds. The normalized spacial score (nSPS) is 22.8. The second kappa shape index (κ2) is 9.32. The summed E-state index contributed by atoms with van der Waals surface area (Å²) in [4.78, 5) is 31.1. The predicted molar refractivity (Wildman–Crippen MR) is 108 cm³/mol. The van der Waals surface area contributed by atoms with Gasteiger partial charge in [0.2, 0.25) is 11.8 Å². The summed E-state index contributed by atoms with van der Waals surface area (Å²) in [6.07, 6.45) is 6.42. The van der Waals surface area contributed by atoms with Gasteiger partial charge >= 0.3 is 0 Å². The van der Waals surface area contributed by atoms with Crippen LogP contribution >= 0.6 is 0 Å². The zero-order valence-corrected chi connectivity index (χ0v) is 16.8. The number of amides is 2. The number of hydrogen-bond donors (Lipinski definition) is 0. The Morgan fingerprint density at radius 3 is 2.89 bits per heavy atom. The average molecular weight is 387 g/mol. The van der Waals surface area contributed by atoms with Crippen molar-refractivity contribution in [1.82, 2.24) is 14.7 Å². The number of halogens is 1. The van der Waals surface area contributed by atoms with E-state index in [4.69, 9.17) is 0 Å². The van der Waals surface area contributed by atoms with E-state index in [0.717, 1.165) is 32.4 Å². The monoisotopic (exact) mass is 387 g/mol. The van der Waals surface area contributed by atoms with Crippen LogP contribution in [-0.2, 0) is 9.59 Å². The summed E-state index contributed by atoms with van der Waals surface area (Å²) in [6.45, 7) is 3.11. The predicted octanol–water partition coefficient (Wildman–Crippen LogP) is 2.63. The summed E-state index contributed by atoms with van der Waals surface area (Å²) >= 11 is 0. The summed E-state index contributed by atoms with van der Waals surface area (Å²) in [7, 11) is 4.09. The Bertz CT molecular complexity index is 734. The lowest BCUT2D eigenvalue weighted by Crippen LogP contribution is -2.57. The molecule has 5 nitrogen and oxygen atoms in total. The van der Waals surface area contributed by atoms with E-state index in [9.17, 15) is 14.0 Å². The third-order valence-electron chi connectivity index (χ3n) is 5.73. The van der Waals surface area contributed by atoms with E-state index in [1.54, 1.807) is 18.2 Å². The second-order valence-corrected chi connectivity index (χ2v) is 8.07. The molecule has 3 rings (SSSR count). The highest BCUT2D eigenvalue weighted by Gasteiger charge is 2.39. The Kier molecular flexibility index (Phi) is 6.83. The molecule has 6 heteroatoms. The number of benzene rings is 1. The first-order valence-corrected chi connectivity index (χ1v) is 10.1. The van der Waals surface area contributed by atoms with Gasteiger partial charge in [0.25, 0.3) is 0 Å². The van der Waals surface area contributed by atoms with Gasteiger partial charge in [-0.1, -0.05) is 12.1 Å². The number of fused-ring (bicyclic) bond motifs is 1. The summed E-state index contributed by atoms with van der Waals surface area (Å²) in [6, 6.07) is 6.46. The van der Waals surface area contributed by atoms with Gasteiger partial charge in [0, 0.05) is 38.2 Å². The lowest BCUT2D eigenvalue weighted by Gasteiger charge is -2.47. The summed E-state index contributed by atoms with van der Waals surface area (Å²) in [5.74, 6) is 0.249. The molecule has 2 aliphatic rings. The van der Waals surface area contributed by atoms with E-state index in [2.05, 4.69) is 9.80 Å². The third kappa shape index (κ3) is 5.19. The number of nitrogens with zero attached hydrogens (tertiary/aromatic N) is 3. The first-order valence-electron chi connectivity index (χ1n) is 10.1. The van der Waals surface area contributed by atoms with Crippen molar-refractivity contribution >= 4 is 17.9 Å². The van der Waals surface area contributed by atoms with Crippen molar-refractivity contribution in [2.24, 2.45) is 5.92 Å². The highest BCUT2D eigenvalue weighted by molar-refractivity contribution is 5.92. The van der Waals surface area contributed by atoms with Crippen LogP contribution in [0.25, 0.3) is 6.08 Å². The summed E-state index contributed by atoms with van der Waals surface area (Å²) in [5, 5.41) is 0. The Morgan fingerprint density at radius 1 is 1.32 bits per heavy atom. The van der Waals surface area contributed by atoms with Crippen LogP contribution < -0.4 is 0 Å². The van der Waals surface area contributed by atoms with Crippen LogP contribution in [0.1, 0.15) is 31.2 Å². The molecule has 0 saturated carbocycles. The van der Waals surface area contributed by atoms with Crippen molar-refractivity contribution in [2.75, 3.05) is 40.3 Å². The van der Waals surface area contributed by atoms with Gasteiger partial charge in [-0.3, -0.25) is 9.59 Å². The maximum absolute atomic E-state index is 13.3. The van der Waals surface area contributed by atoms with Crippen LogP contribution in [0, 0.1) is 11.7 Å². The molecule has 1 aromatic carbocycles. The number of hydrogen-bond acceptors (Lipinski definition) is 3. The second-order valence-electron chi connectivity index (χ2n) is 8.07. The molecule has 0 N–H and O–H groups in total. The van der Waals surface area contributed by atoms with Crippen molar-refractivity contribution in [1.29, 1.82) is 0 Å². The highest BCUT2D eigenvalue weighted by Crippen LogP contribution is 2.31. The Hall–Kier alpha value is -2.21. The average Bonchev–Trinajstić information content (AvgIpc) is 2.67. The molecule has 2 heterocycles. The molecule has 2 atom stereocenters. The molecule has 1 aromatic rings. The van der Waals surface area contributed by atoms with Gasteiger partial charge in [-0.25, -0.2) is 4.39 Å². The van der Waals surface area contributed by atoms with Gasteiger partial charge in [-0.15, -0.1) is 0 Å². The van der Waals surface area contributed by atoms with Gasteiger partial charge in [-0.05, 0) is 69.6 Å². The molecule has 152 valence electrons. The maximum atomic E-state index is 13.3. The van der Waals surface area contributed by atoms with Crippen molar-refractivity contribution in [3.63, 3.8) is 0 Å². The van der Waals surface area contributed by atoms with Crippen LogP contribution in [-0.4, -0.2) is 72.8 Å². The molecular weight excluding hydrogens is 357 g/mol. The zero-order chi connectivity index (χ0) is 20.1. The smallest absolute Gasteiger partial charge is 0.246 e. The van der Waals surface area contributed by atoms with Crippen LogP contribution in [0.2, 0.25) is 0 Å². The Balaban J connectivity index is 1.57. The SMILES string of the molecule is CN(C)CCCN1C(=O)CC[C@@H]2CN(C(=O)C=Cc3cccc(F)c3)CC[C@@H]21. The minimum absolute atomic E-state index is 0.0428. The minimum atomic E-state index is -0.309. The Morgan fingerprint density at radius 2 is 2.14 bits per heavy atom. The van der Waals surface area contributed by atoms with Crippen molar-refractivity contribution in [2.45, 2.75) is 31.7 Å². The van der Waals surface area contributed by atoms with Crippen molar-refractivity contribution in [3.05, 3.63) is 41.7 Å². The number of piperidine rings is 2. The largest absolute Gasteiger partial charge is 0.339 e. The quantitative estimate of drug-likeness (QED) is 0.705. The highest BCUT2D eigenvalue weighted by atomic mass is 19.1. The lowest BCUT2D eigenvalue weighted by atomic mass is 9.83. The number of likely N-dealkylation sites (tertiary alicyclic amines) is 2. The van der Waals surface area contributed by atoms with Gasteiger partial charge in [-0.2, -0.15) is 0 Å². The molecule has 0 spiro atoms. The molecule has 0 aliphatic carbocycles. The van der Waals surface area contributed by atoms with Crippen molar-refractivity contribution in [3.8, 4) is 0 Å². The number of carbonyl (C=O) groups excluding carboxylic acids is 2. The number of rotatable bonds is 6. The molecule has 2 aliphatic heterocycles. The first-order chi connectivity index (χ1) is 13.4. The van der Waals surface area contributed by atoms with Crippen LogP contribution in [0.5, 0.6) is 0 Å². The van der Waals surface area contributed by atoms with Crippen LogP contribution in [0.4, 0.5) is 4.39 Å². The van der Waals surface area contributed by atoms with Crippen molar-refractivity contribution < 1.29 is 14.0 Å².